The van der Waals surface area contributed by atoms with E-state index in [0.29, 0.717) is 13.2 Å². The van der Waals surface area contributed by atoms with Crippen LogP contribution in [0.15, 0.2) is 30.3 Å². The lowest BCUT2D eigenvalue weighted by atomic mass is 10.2. The standard InChI is InChI=1S/C13H17NO3S/c15-18(16,10-11-4-2-1-3-5-11)14-12-6-7-13(14)9-17-8-12/h1-5,12-13H,6-10H2. The Hall–Kier alpha value is -0.910. The van der Waals surface area contributed by atoms with Crippen LogP contribution >= 0.6 is 0 Å². The molecule has 0 aromatic heterocycles. The molecule has 98 valence electrons. The first-order valence-corrected chi connectivity index (χ1v) is 7.90. The maximum Gasteiger partial charge on any atom is 0.218 e. The number of morpholine rings is 1. The highest BCUT2D eigenvalue weighted by Gasteiger charge is 2.44. The summed E-state index contributed by atoms with van der Waals surface area (Å²) < 4.78 is 32.1. The minimum absolute atomic E-state index is 0.0532. The average molecular weight is 267 g/mol. The van der Waals surface area contributed by atoms with E-state index in [0.717, 1.165) is 18.4 Å². The van der Waals surface area contributed by atoms with Crippen molar-refractivity contribution in [1.82, 2.24) is 4.31 Å². The van der Waals surface area contributed by atoms with E-state index in [1.807, 2.05) is 30.3 Å². The number of sulfonamides is 1. The third-order valence-electron chi connectivity index (χ3n) is 3.69. The Morgan fingerprint density at radius 3 is 2.33 bits per heavy atom. The number of nitrogens with zero attached hydrogens (tertiary/aromatic N) is 1. The van der Waals surface area contributed by atoms with Crippen LogP contribution in [-0.2, 0) is 20.5 Å². The Morgan fingerprint density at radius 2 is 1.72 bits per heavy atom. The zero-order chi connectivity index (χ0) is 12.6. The summed E-state index contributed by atoms with van der Waals surface area (Å²) in [5.74, 6) is 0.0981. The SMILES string of the molecule is O=S(=O)(Cc1ccccc1)N1C2CCC1COC2. The maximum absolute atomic E-state index is 12.5. The minimum Gasteiger partial charge on any atom is -0.378 e. The third-order valence-corrected chi connectivity index (χ3v) is 5.62. The number of fused-ring (bicyclic) bond motifs is 2. The molecule has 2 aliphatic rings. The second kappa shape index (κ2) is 4.64. The summed E-state index contributed by atoms with van der Waals surface area (Å²) in [6.07, 6.45) is 1.86. The molecule has 0 spiro atoms. The van der Waals surface area contributed by atoms with Crippen LogP contribution in [0.4, 0.5) is 0 Å². The highest BCUT2D eigenvalue weighted by Crippen LogP contribution is 2.32. The molecule has 2 aliphatic heterocycles. The van der Waals surface area contributed by atoms with E-state index in [1.54, 1.807) is 4.31 Å². The first kappa shape index (κ1) is 12.1. The molecule has 2 heterocycles. The predicted octanol–water partition coefficient (Wildman–Crippen LogP) is 1.38. The quantitative estimate of drug-likeness (QED) is 0.831. The Kier molecular flexibility index (Phi) is 3.13. The van der Waals surface area contributed by atoms with Crippen molar-refractivity contribution >= 4 is 10.0 Å². The molecular formula is C13H17NO3S. The summed E-state index contributed by atoms with van der Waals surface area (Å²) in [5.41, 5.74) is 0.850. The van der Waals surface area contributed by atoms with Crippen molar-refractivity contribution in [2.24, 2.45) is 0 Å². The van der Waals surface area contributed by atoms with E-state index in [1.165, 1.54) is 0 Å². The first-order valence-electron chi connectivity index (χ1n) is 6.30. The lowest BCUT2D eigenvalue weighted by molar-refractivity contribution is 0.0268. The van der Waals surface area contributed by atoms with Crippen LogP contribution in [0.25, 0.3) is 0 Å². The van der Waals surface area contributed by atoms with Crippen molar-refractivity contribution in [2.75, 3.05) is 13.2 Å². The van der Waals surface area contributed by atoms with E-state index in [-0.39, 0.29) is 17.8 Å². The number of rotatable bonds is 3. The van der Waals surface area contributed by atoms with E-state index in [2.05, 4.69) is 0 Å². The second-order valence-corrected chi connectivity index (χ2v) is 6.87. The summed E-state index contributed by atoms with van der Waals surface area (Å²) >= 11 is 0. The molecule has 5 heteroatoms. The molecule has 0 N–H and O–H groups in total. The highest BCUT2D eigenvalue weighted by molar-refractivity contribution is 7.88. The Balaban J connectivity index is 1.83. The molecule has 4 nitrogen and oxygen atoms in total. The molecule has 2 atom stereocenters. The van der Waals surface area contributed by atoms with Crippen LogP contribution < -0.4 is 0 Å². The van der Waals surface area contributed by atoms with Gasteiger partial charge in [0.1, 0.15) is 0 Å². The second-order valence-electron chi connectivity index (χ2n) is 4.99. The minimum atomic E-state index is -3.22. The van der Waals surface area contributed by atoms with Gasteiger partial charge >= 0.3 is 0 Å². The molecule has 18 heavy (non-hydrogen) atoms. The zero-order valence-corrected chi connectivity index (χ0v) is 11.0. The molecule has 1 aromatic carbocycles. The van der Waals surface area contributed by atoms with E-state index < -0.39 is 10.0 Å². The molecule has 0 amide bonds. The highest BCUT2D eigenvalue weighted by atomic mass is 32.2. The van der Waals surface area contributed by atoms with Gasteiger partial charge in [-0.15, -0.1) is 0 Å². The maximum atomic E-state index is 12.5. The van der Waals surface area contributed by atoms with Crippen molar-refractivity contribution in [3.8, 4) is 0 Å². The van der Waals surface area contributed by atoms with Crippen LogP contribution in [0.5, 0.6) is 0 Å². The van der Waals surface area contributed by atoms with Crippen LogP contribution in [0.2, 0.25) is 0 Å². The van der Waals surface area contributed by atoms with E-state index in [9.17, 15) is 8.42 Å². The van der Waals surface area contributed by atoms with Crippen molar-refractivity contribution in [1.29, 1.82) is 0 Å². The van der Waals surface area contributed by atoms with Crippen LogP contribution in [0, 0.1) is 0 Å². The summed E-state index contributed by atoms with van der Waals surface area (Å²) in [4.78, 5) is 0. The molecule has 0 aliphatic carbocycles. The number of ether oxygens (including phenoxy) is 1. The molecule has 0 radical (unpaired) electrons. The van der Waals surface area contributed by atoms with Gasteiger partial charge in [-0.05, 0) is 18.4 Å². The molecule has 1 aromatic rings. The van der Waals surface area contributed by atoms with Crippen LogP contribution in [-0.4, -0.2) is 38.0 Å². The topological polar surface area (TPSA) is 46.6 Å². The molecule has 2 fully saturated rings. The molecule has 2 bridgehead atoms. The normalized spacial score (nSPS) is 28.4. The monoisotopic (exact) mass is 267 g/mol. The summed E-state index contributed by atoms with van der Waals surface area (Å²) in [5, 5.41) is 0. The van der Waals surface area contributed by atoms with Gasteiger partial charge in [0.15, 0.2) is 0 Å². The van der Waals surface area contributed by atoms with Gasteiger partial charge < -0.3 is 4.74 Å². The van der Waals surface area contributed by atoms with Gasteiger partial charge in [-0.3, -0.25) is 0 Å². The Labute approximate surface area is 108 Å². The number of hydrogen-bond acceptors (Lipinski definition) is 3. The lowest BCUT2D eigenvalue weighted by Gasteiger charge is -2.33. The Morgan fingerprint density at radius 1 is 1.11 bits per heavy atom. The lowest BCUT2D eigenvalue weighted by Crippen LogP contribution is -2.49. The smallest absolute Gasteiger partial charge is 0.218 e. The van der Waals surface area contributed by atoms with Crippen LogP contribution in [0.1, 0.15) is 18.4 Å². The van der Waals surface area contributed by atoms with Crippen molar-refractivity contribution in [3.05, 3.63) is 35.9 Å². The molecular weight excluding hydrogens is 250 g/mol. The van der Waals surface area contributed by atoms with Crippen LogP contribution in [0.3, 0.4) is 0 Å². The van der Waals surface area contributed by atoms with Crippen molar-refractivity contribution in [3.63, 3.8) is 0 Å². The summed E-state index contributed by atoms with van der Waals surface area (Å²) in [6.45, 7) is 1.09. The predicted molar refractivity (Wildman–Crippen MR) is 68.5 cm³/mol. The van der Waals surface area contributed by atoms with Gasteiger partial charge in [-0.25, -0.2) is 8.42 Å². The molecule has 2 unspecified atom stereocenters. The summed E-state index contributed by atoms with van der Waals surface area (Å²) in [7, 11) is -3.22. The fraction of sp³-hybridized carbons (Fsp3) is 0.538. The van der Waals surface area contributed by atoms with Gasteiger partial charge in [0.05, 0.1) is 19.0 Å². The Bertz CT molecular complexity index is 498. The molecule has 3 rings (SSSR count). The van der Waals surface area contributed by atoms with Gasteiger partial charge in [-0.1, -0.05) is 30.3 Å². The van der Waals surface area contributed by atoms with Gasteiger partial charge in [0, 0.05) is 12.1 Å². The fourth-order valence-electron chi connectivity index (χ4n) is 2.90. The van der Waals surface area contributed by atoms with Crippen molar-refractivity contribution < 1.29 is 13.2 Å². The summed E-state index contributed by atoms with van der Waals surface area (Å²) in [6, 6.07) is 9.47. The van der Waals surface area contributed by atoms with E-state index >= 15 is 0 Å². The van der Waals surface area contributed by atoms with Gasteiger partial charge in [0.25, 0.3) is 0 Å². The van der Waals surface area contributed by atoms with Gasteiger partial charge in [-0.2, -0.15) is 4.31 Å². The van der Waals surface area contributed by atoms with Gasteiger partial charge in [0.2, 0.25) is 10.0 Å². The average Bonchev–Trinajstić information content (AvgIpc) is 2.62. The number of hydrogen-bond donors (Lipinski definition) is 0. The van der Waals surface area contributed by atoms with E-state index in [4.69, 9.17) is 4.74 Å². The largest absolute Gasteiger partial charge is 0.378 e. The number of benzene rings is 1. The third kappa shape index (κ3) is 2.18. The van der Waals surface area contributed by atoms with Crippen molar-refractivity contribution in [2.45, 2.75) is 30.7 Å². The molecule has 0 saturated carbocycles. The molecule has 2 saturated heterocycles. The zero-order valence-electron chi connectivity index (χ0n) is 10.2. The fourth-order valence-corrected chi connectivity index (χ4v) is 4.91. The first-order chi connectivity index (χ1) is 8.67.